The molecule has 1 aromatic carbocycles. The minimum atomic E-state index is -3.75. The lowest BCUT2D eigenvalue weighted by molar-refractivity contribution is 0.0786. The number of benzene rings is 1. The first-order valence-corrected chi connectivity index (χ1v) is 10.2. The summed E-state index contributed by atoms with van der Waals surface area (Å²) in [6.07, 6.45) is 1.96. The van der Waals surface area contributed by atoms with Crippen molar-refractivity contribution in [1.82, 2.24) is 14.6 Å². The summed E-state index contributed by atoms with van der Waals surface area (Å²) in [4.78, 5) is 18.5. The van der Waals surface area contributed by atoms with E-state index in [2.05, 4.69) is 9.71 Å². The summed E-state index contributed by atoms with van der Waals surface area (Å²) in [5.74, 6) is 0.366. The van der Waals surface area contributed by atoms with Crippen molar-refractivity contribution in [3.05, 3.63) is 46.1 Å². The van der Waals surface area contributed by atoms with Gasteiger partial charge in [0, 0.05) is 18.1 Å². The first kappa shape index (κ1) is 18.9. The van der Waals surface area contributed by atoms with Gasteiger partial charge in [0.15, 0.2) is 5.69 Å². The second-order valence-corrected chi connectivity index (χ2v) is 8.42. The molecular formula is C17H20ClN3O4S. The third-order valence-electron chi connectivity index (χ3n) is 4.28. The normalized spacial score (nSPS) is 14.8. The number of aryl methyl sites for hydroxylation is 2. The number of nitrogens with zero attached hydrogens (tertiary/aromatic N) is 2. The fourth-order valence-corrected chi connectivity index (χ4v) is 4.37. The van der Waals surface area contributed by atoms with Crippen molar-refractivity contribution in [2.75, 3.05) is 13.1 Å². The van der Waals surface area contributed by atoms with E-state index < -0.39 is 10.0 Å². The Bertz CT molecular complexity index is 933. The van der Waals surface area contributed by atoms with Crippen LogP contribution < -0.4 is 4.72 Å². The molecule has 1 saturated heterocycles. The number of sulfonamides is 1. The molecule has 0 atom stereocenters. The molecule has 1 amide bonds. The SMILES string of the molecule is Cc1cc(Cl)ccc1S(=O)(=O)NCc1nc(C(=O)N2CCCC2)c(C)o1. The highest BCUT2D eigenvalue weighted by molar-refractivity contribution is 7.89. The number of carbonyl (C=O) groups is 1. The summed E-state index contributed by atoms with van der Waals surface area (Å²) in [6.45, 7) is 4.60. The molecule has 7 nitrogen and oxygen atoms in total. The lowest BCUT2D eigenvalue weighted by atomic mass is 10.2. The van der Waals surface area contributed by atoms with Crippen LogP contribution in [-0.4, -0.2) is 37.3 Å². The van der Waals surface area contributed by atoms with Gasteiger partial charge >= 0.3 is 0 Å². The highest BCUT2D eigenvalue weighted by Gasteiger charge is 2.25. The van der Waals surface area contributed by atoms with Crippen molar-refractivity contribution in [2.24, 2.45) is 0 Å². The summed E-state index contributed by atoms with van der Waals surface area (Å²) in [7, 11) is -3.75. The van der Waals surface area contributed by atoms with Gasteiger partial charge in [0.1, 0.15) is 5.76 Å². The van der Waals surface area contributed by atoms with Crippen LogP contribution in [0.15, 0.2) is 27.5 Å². The third kappa shape index (κ3) is 3.92. The molecule has 1 fully saturated rings. The van der Waals surface area contributed by atoms with Crippen LogP contribution in [0, 0.1) is 13.8 Å². The molecule has 1 aliphatic rings. The fourth-order valence-electron chi connectivity index (χ4n) is 2.94. The van der Waals surface area contributed by atoms with Gasteiger partial charge in [-0.3, -0.25) is 4.79 Å². The molecule has 0 saturated carbocycles. The van der Waals surface area contributed by atoms with Gasteiger partial charge in [0.2, 0.25) is 15.9 Å². The van der Waals surface area contributed by atoms with Gasteiger partial charge in [-0.2, -0.15) is 0 Å². The van der Waals surface area contributed by atoms with Gasteiger partial charge in [-0.05, 0) is 50.5 Å². The molecule has 0 bridgehead atoms. The molecule has 2 heterocycles. The highest BCUT2D eigenvalue weighted by atomic mass is 35.5. The first-order valence-electron chi connectivity index (χ1n) is 8.29. The first-order chi connectivity index (χ1) is 12.3. The number of halogens is 1. The molecule has 140 valence electrons. The maximum Gasteiger partial charge on any atom is 0.276 e. The Hall–Kier alpha value is -1.90. The minimum absolute atomic E-state index is 0.138. The van der Waals surface area contributed by atoms with Crippen LogP contribution in [-0.2, 0) is 16.6 Å². The lowest BCUT2D eigenvalue weighted by Crippen LogP contribution is -2.28. The second-order valence-electron chi connectivity index (χ2n) is 6.25. The highest BCUT2D eigenvalue weighted by Crippen LogP contribution is 2.20. The van der Waals surface area contributed by atoms with Gasteiger partial charge in [-0.25, -0.2) is 18.1 Å². The third-order valence-corrected chi connectivity index (χ3v) is 6.07. The van der Waals surface area contributed by atoms with Crippen molar-refractivity contribution < 1.29 is 17.6 Å². The van der Waals surface area contributed by atoms with Gasteiger partial charge in [-0.1, -0.05) is 11.6 Å². The number of amides is 1. The van der Waals surface area contributed by atoms with Crippen LogP contribution in [0.4, 0.5) is 0 Å². The molecule has 2 aromatic rings. The smallest absolute Gasteiger partial charge is 0.276 e. The van der Waals surface area contributed by atoms with E-state index in [1.165, 1.54) is 12.1 Å². The number of hydrogen-bond donors (Lipinski definition) is 1. The van der Waals surface area contributed by atoms with Crippen LogP contribution in [0.3, 0.4) is 0 Å². The number of rotatable bonds is 5. The Morgan fingerprint density at radius 3 is 2.65 bits per heavy atom. The second kappa shape index (κ2) is 7.38. The van der Waals surface area contributed by atoms with E-state index in [9.17, 15) is 13.2 Å². The number of oxazole rings is 1. The lowest BCUT2D eigenvalue weighted by Gasteiger charge is -2.13. The van der Waals surface area contributed by atoms with Crippen molar-refractivity contribution in [3.63, 3.8) is 0 Å². The van der Waals surface area contributed by atoms with Crippen LogP contribution in [0.25, 0.3) is 0 Å². The van der Waals surface area contributed by atoms with E-state index in [0.29, 0.717) is 29.4 Å². The molecule has 0 unspecified atom stereocenters. The molecular weight excluding hydrogens is 378 g/mol. The standard InChI is InChI=1S/C17H20ClN3O4S/c1-11-9-13(18)5-6-14(11)26(23,24)19-10-15-20-16(12(2)25-15)17(22)21-7-3-4-8-21/h5-6,9,19H,3-4,7-8,10H2,1-2H3. The van der Waals surface area contributed by atoms with E-state index >= 15 is 0 Å². The Kier molecular flexibility index (Phi) is 5.36. The molecule has 0 radical (unpaired) electrons. The van der Waals surface area contributed by atoms with Crippen LogP contribution in [0.1, 0.15) is 40.5 Å². The van der Waals surface area contributed by atoms with Crippen LogP contribution >= 0.6 is 11.6 Å². The van der Waals surface area contributed by atoms with E-state index in [-0.39, 0.29) is 28.9 Å². The van der Waals surface area contributed by atoms with Crippen molar-refractivity contribution in [3.8, 4) is 0 Å². The predicted octanol–water partition coefficient (Wildman–Crippen LogP) is 2.66. The van der Waals surface area contributed by atoms with E-state index in [0.717, 1.165) is 12.8 Å². The summed E-state index contributed by atoms with van der Waals surface area (Å²) in [6, 6.07) is 4.55. The van der Waals surface area contributed by atoms with Crippen LogP contribution in [0.2, 0.25) is 5.02 Å². The average molecular weight is 398 g/mol. The number of nitrogens with one attached hydrogen (secondary N) is 1. The zero-order valence-electron chi connectivity index (χ0n) is 14.6. The van der Waals surface area contributed by atoms with Gasteiger partial charge in [-0.15, -0.1) is 0 Å². The zero-order valence-corrected chi connectivity index (χ0v) is 16.2. The molecule has 26 heavy (non-hydrogen) atoms. The van der Waals surface area contributed by atoms with Crippen molar-refractivity contribution in [1.29, 1.82) is 0 Å². The Balaban J connectivity index is 1.73. The largest absolute Gasteiger partial charge is 0.444 e. The van der Waals surface area contributed by atoms with E-state index in [1.807, 2.05) is 0 Å². The molecule has 9 heteroatoms. The van der Waals surface area contributed by atoms with Crippen LogP contribution in [0.5, 0.6) is 0 Å². The Labute approximate surface area is 157 Å². The topological polar surface area (TPSA) is 92.5 Å². The maximum absolute atomic E-state index is 12.5. The van der Waals surface area contributed by atoms with E-state index in [4.69, 9.17) is 16.0 Å². The summed E-state index contributed by atoms with van der Waals surface area (Å²) >= 11 is 5.87. The van der Waals surface area contributed by atoms with Crippen molar-refractivity contribution >= 4 is 27.5 Å². The number of likely N-dealkylation sites (tertiary alicyclic amines) is 1. The minimum Gasteiger partial charge on any atom is -0.444 e. The number of hydrogen-bond acceptors (Lipinski definition) is 5. The Morgan fingerprint density at radius 2 is 2.00 bits per heavy atom. The molecule has 1 aromatic heterocycles. The predicted molar refractivity (Wildman–Crippen MR) is 96.6 cm³/mol. The number of carbonyl (C=O) groups excluding carboxylic acids is 1. The Morgan fingerprint density at radius 1 is 1.31 bits per heavy atom. The summed E-state index contributed by atoms with van der Waals surface area (Å²) in [5.41, 5.74) is 0.780. The summed E-state index contributed by atoms with van der Waals surface area (Å²) < 4.78 is 32.9. The number of aromatic nitrogens is 1. The summed E-state index contributed by atoms with van der Waals surface area (Å²) in [5, 5.41) is 0.467. The van der Waals surface area contributed by atoms with Gasteiger partial charge in [0.25, 0.3) is 5.91 Å². The molecule has 1 N–H and O–H groups in total. The molecule has 1 aliphatic heterocycles. The van der Waals surface area contributed by atoms with Crippen molar-refractivity contribution in [2.45, 2.75) is 38.1 Å². The van der Waals surface area contributed by atoms with Gasteiger partial charge < -0.3 is 9.32 Å². The van der Waals surface area contributed by atoms with E-state index in [1.54, 1.807) is 24.8 Å². The molecule has 3 rings (SSSR count). The zero-order chi connectivity index (χ0) is 18.9. The quantitative estimate of drug-likeness (QED) is 0.837. The van der Waals surface area contributed by atoms with Gasteiger partial charge in [0.05, 0.1) is 11.4 Å². The monoisotopic (exact) mass is 397 g/mol. The fraction of sp³-hybridized carbons (Fsp3) is 0.412. The molecule has 0 aliphatic carbocycles. The molecule has 0 spiro atoms. The average Bonchev–Trinajstić information content (AvgIpc) is 3.22. The maximum atomic E-state index is 12.5.